The van der Waals surface area contributed by atoms with Crippen LogP contribution in [0.1, 0.15) is 0 Å². The number of halogens is 2. The van der Waals surface area contributed by atoms with Gasteiger partial charge in [-0.15, -0.1) is 11.3 Å². The highest BCUT2D eigenvalue weighted by Gasteiger charge is 2.10. The Balaban J connectivity index is 1.59. The average Bonchev–Trinajstić information content (AvgIpc) is 3.06. The number of thiazole rings is 1. The van der Waals surface area contributed by atoms with E-state index in [4.69, 9.17) is 23.2 Å². The minimum Gasteiger partial charge on any atom is -0.324 e. The fourth-order valence-corrected chi connectivity index (χ4v) is 3.94. The summed E-state index contributed by atoms with van der Waals surface area (Å²) in [5.74, 6) is 0.102. The van der Waals surface area contributed by atoms with Crippen molar-refractivity contribution in [3.05, 3.63) is 64.0 Å². The van der Waals surface area contributed by atoms with Gasteiger partial charge in [0.15, 0.2) is 4.34 Å². The van der Waals surface area contributed by atoms with Crippen LogP contribution in [-0.2, 0) is 4.79 Å². The molecule has 0 aliphatic rings. The average molecular weight is 395 g/mol. The van der Waals surface area contributed by atoms with E-state index in [1.54, 1.807) is 18.2 Å². The summed E-state index contributed by atoms with van der Waals surface area (Å²) in [6, 6.07) is 14.9. The molecule has 1 heterocycles. The molecule has 0 atom stereocenters. The number of carbonyl (C=O) groups is 1. The summed E-state index contributed by atoms with van der Waals surface area (Å²) in [6.45, 7) is 0. The molecule has 0 spiro atoms. The van der Waals surface area contributed by atoms with Crippen LogP contribution in [-0.4, -0.2) is 16.6 Å². The van der Waals surface area contributed by atoms with Gasteiger partial charge in [0.05, 0.1) is 22.2 Å². The van der Waals surface area contributed by atoms with Crippen molar-refractivity contribution >= 4 is 57.9 Å². The molecule has 0 saturated heterocycles. The molecule has 3 rings (SSSR count). The van der Waals surface area contributed by atoms with Crippen molar-refractivity contribution in [2.75, 3.05) is 11.1 Å². The first-order chi connectivity index (χ1) is 11.6. The monoisotopic (exact) mass is 394 g/mol. The van der Waals surface area contributed by atoms with Crippen LogP contribution in [0.15, 0.2) is 58.3 Å². The summed E-state index contributed by atoms with van der Waals surface area (Å²) in [4.78, 5) is 16.6. The SMILES string of the molecule is O=C(CSc1nc(-c2ccccc2)cs1)Nc1cc(Cl)ccc1Cl. The van der Waals surface area contributed by atoms with Gasteiger partial charge < -0.3 is 5.32 Å². The number of rotatable bonds is 5. The van der Waals surface area contributed by atoms with Gasteiger partial charge in [0.25, 0.3) is 0 Å². The standard InChI is InChI=1S/C17H12Cl2N2OS2/c18-12-6-7-13(19)14(8-12)20-16(22)10-24-17-21-15(9-23-17)11-4-2-1-3-5-11/h1-9H,10H2,(H,20,22). The number of hydrogen-bond acceptors (Lipinski definition) is 4. The molecule has 1 amide bonds. The third-order valence-electron chi connectivity index (χ3n) is 3.08. The smallest absolute Gasteiger partial charge is 0.234 e. The molecule has 3 nitrogen and oxygen atoms in total. The Morgan fingerprint density at radius 1 is 1.17 bits per heavy atom. The number of nitrogens with one attached hydrogen (secondary N) is 1. The fraction of sp³-hybridized carbons (Fsp3) is 0.0588. The minimum atomic E-state index is -0.152. The zero-order valence-electron chi connectivity index (χ0n) is 12.3. The molecule has 1 N–H and O–H groups in total. The lowest BCUT2D eigenvalue weighted by atomic mass is 10.2. The normalized spacial score (nSPS) is 10.6. The van der Waals surface area contributed by atoms with Gasteiger partial charge in [-0.25, -0.2) is 4.98 Å². The van der Waals surface area contributed by atoms with Gasteiger partial charge in [0.2, 0.25) is 5.91 Å². The second-order valence-electron chi connectivity index (χ2n) is 4.83. The third-order valence-corrected chi connectivity index (χ3v) is 5.67. The number of nitrogens with zero attached hydrogens (tertiary/aromatic N) is 1. The van der Waals surface area contributed by atoms with Crippen molar-refractivity contribution in [3.8, 4) is 11.3 Å². The zero-order valence-corrected chi connectivity index (χ0v) is 15.5. The van der Waals surface area contributed by atoms with E-state index in [9.17, 15) is 4.79 Å². The highest BCUT2D eigenvalue weighted by atomic mass is 35.5. The zero-order chi connectivity index (χ0) is 16.9. The van der Waals surface area contributed by atoms with Crippen LogP contribution in [0.5, 0.6) is 0 Å². The van der Waals surface area contributed by atoms with Crippen LogP contribution in [0.4, 0.5) is 5.69 Å². The van der Waals surface area contributed by atoms with Crippen molar-refractivity contribution in [2.45, 2.75) is 4.34 Å². The lowest BCUT2D eigenvalue weighted by Crippen LogP contribution is -2.14. The first-order valence-electron chi connectivity index (χ1n) is 7.00. The van der Waals surface area contributed by atoms with Crippen molar-refractivity contribution < 1.29 is 4.79 Å². The summed E-state index contributed by atoms with van der Waals surface area (Å²) in [7, 11) is 0. The maximum absolute atomic E-state index is 12.1. The molecule has 7 heteroatoms. The van der Waals surface area contributed by atoms with E-state index < -0.39 is 0 Å². The van der Waals surface area contributed by atoms with E-state index >= 15 is 0 Å². The number of hydrogen-bond donors (Lipinski definition) is 1. The molecule has 0 fully saturated rings. The second kappa shape index (κ2) is 8.03. The number of amides is 1. The van der Waals surface area contributed by atoms with E-state index in [2.05, 4.69) is 10.3 Å². The molecule has 0 aliphatic heterocycles. The number of carbonyl (C=O) groups excluding carboxylic acids is 1. The van der Waals surface area contributed by atoms with Gasteiger partial charge in [-0.05, 0) is 18.2 Å². The number of anilines is 1. The van der Waals surface area contributed by atoms with E-state index in [0.717, 1.165) is 15.6 Å². The molecule has 0 aliphatic carbocycles. The first-order valence-corrected chi connectivity index (χ1v) is 9.62. The summed E-state index contributed by atoms with van der Waals surface area (Å²) in [5, 5.41) is 5.73. The highest BCUT2D eigenvalue weighted by Crippen LogP contribution is 2.29. The Hall–Kier alpha value is -1.53. The fourth-order valence-electron chi connectivity index (χ4n) is 1.97. The molecule has 0 radical (unpaired) electrons. The van der Waals surface area contributed by atoms with Gasteiger partial charge in [0, 0.05) is 16.0 Å². The van der Waals surface area contributed by atoms with Gasteiger partial charge in [0.1, 0.15) is 0 Å². The summed E-state index contributed by atoms with van der Waals surface area (Å²) < 4.78 is 0.848. The Labute approximate surface area is 158 Å². The highest BCUT2D eigenvalue weighted by molar-refractivity contribution is 8.01. The molecule has 0 saturated carbocycles. The maximum Gasteiger partial charge on any atom is 0.234 e. The summed E-state index contributed by atoms with van der Waals surface area (Å²) >= 11 is 14.9. The van der Waals surface area contributed by atoms with E-state index in [0.29, 0.717) is 15.7 Å². The summed E-state index contributed by atoms with van der Waals surface area (Å²) in [6.07, 6.45) is 0. The van der Waals surface area contributed by atoms with Crippen LogP contribution in [0.25, 0.3) is 11.3 Å². The van der Waals surface area contributed by atoms with E-state index in [-0.39, 0.29) is 11.7 Å². The van der Waals surface area contributed by atoms with Crippen LogP contribution in [0, 0.1) is 0 Å². The number of aromatic nitrogens is 1. The predicted molar refractivity (Wildman–Crippen MR) is 103 cm³/mol. The van der Waals surface area contributed by atoms with Crippen LogP contribution >= 0.6 is 46.3 Å². The molecule has 24 heavy (non-hydrogen) atoms. The molecule has 0 bridgehead atoms. The number of thioether (sulfide) groups is 1. The van der Waals surface area contributed by atoms with E-state index in [1.807, 2.05) is 35.7 Å². The molecule has 3 aromatic rings. The molecule has 2 aromatic carbocycles. The molecule has 1 aromatic heterocycles. The van der Waals surface area contributed by atoms with Crippen LogP contribution < -0.4 is 5.32 Å². The Morgan fingerprint density at radius 3 is 2.75 bits per heavy atom. The first kappa shape index (κ1) is 17.3. The molecule has 122 valence electrons. The van der Waals surface area contributed by atoms with Gasteiger partial charge in [-0.3, -0.25) is 4.79 Å². The maximum atomic E-state index is 12.1. The van der Waals surface area contributed by atoms with Crippen molar-refractivity contribution in [1.82, 2.24) is 4.98 Å². The Morgan fingerprint density at radius 2 is 1.96 bits per heavy atom. The lowest BCUT2D eigenvalue weighted by Gasteiger charge is -2.06. The quantitative estimate of drug-likeness (QED) is 0.551. The topological polar surface area (TPSA) is 42.0 Å². The molecular weight excluding hydrogens is 383 g/mol. The predicted octanol–water partition coefficient (Wildman–Crippen LogP) is 5.85. The van der Waals surface area contributed by atoms with Crippen molar-refractivity contribution in [1.29, 1.82) is 0 Å². The second-order valence-corrected chi connectivity index (χ2v) is 7.75. The minimum absolute atomic E-state index is 0.152. The Kier molecular flexibility index (Phi) is 5.79. The van der Waals surface area contributed by atoms with Crippen LogP contribution in [0.2, 0.25) is 10.0 Å². The van der Waals surface area contributed by atoms with Gasteiger partial charge >= 0.3 is 0 Å². The summed E-state index contributed by atoms with van der Waals surface area (Å²) in [5.41, 5.74) is 2.50. The van der Waals surface area contributed by atoms with Crippen molar-refractivity contribution in [3.63, 3.8) is 0 Å². The van der Waals surface area contributed by atoms with Crippen molar-refractivity contribution in [2.24, 2.45) is 0 Å². The molecular formula is C17H12Cl2N2OS2. The third kappa shape index (κ3) is 4.51. The lowest BCUT2D eigenvalue weighted by molar-refractivity contribution is -0.113. The van der Waals surface area contributed by atoms with Gasteiger partial charge in [-0.1, -0.05) is 65.3 Å². The number of benzene rings is 2. The van der Waals surface area contributed by atoms with E-state index in [1.165, 1.54) is 23.1 Å². The molecule has 0 unspecified atom stereocenters. The van der Waals surface area contributed by atoms with Gasteiger partial charge in [-0.2, -0.15) is 0 Å². The largest absolute Gasteiger partial charge is 0.324 e. The van der Waals surface area contributed by atoms with Crippen LogP contribution in [0.3, 0.4) is 0 Å². The Bertz CT molecular complexity index is 853.